The number of nitrogens with zero attached hydrogens (tertiary/aromatic N) is 4. The smallest absolute Gasteiger partial charge is 0.264 e. The molecule has 2 aliphatic rings. The van der Waals surface area contributed by atoms with Gasteiger partial charge in [-0.3, -0.25) is 4.79 Å². The summed E-state index contributed by atoms with van der Waals surface area (Å²) in [5, 5.41) is 2.41. The Hall–Kier alpha value is -3.77. The fourth-order valence-electron chi connectivity index (χ4n) is 5.69. The molecule has 3 atom stereocenters. The highest BCUT2D eigenvalue weighted by Crippen LogP contribution is 2.39. The summed E-state index contributed by atoms with van der Waals surface area (Å²) in [5.74, 6) is -3.32. The van der Waals surface area contributed by atoms with Gasteiger partial charge >= 0.3 is 0 Å². The van der Waals surface area contributed by atoms with Gasteiger partial charge in [0, 0.05) is 67.7 Å². The monoisotopic (exact) mass is 603 g/mol. The number of hydrogen-bond acceptors (Lipinski definition) is 6. The minimum absolute atomic E-state index is 0.0113. The quantitative estimate of drug-likeness (QED) is 0.343. The fourth-order valence-corrected chi connectivity index (χ4v) is 5.69. The van der Waals surface area contributed by atoms with Crippen LogP contribution in [-0.2, 0) is 4.74 Å². The highest BCUT2D eigenvalue weighted by atomic mass is 19.3. The largest absolute Gasteiger partial charge is 0.372 e. The van der Waals surface area contributed by atoms with E-state index in [1.807, 2.05) is 32.7 Å². The molecule has 0 radical (unpaired) electrons. The minimum Gasteiger partial charge on any atom is -0.372 e. The van der Waals surface area contributed by atoms with Gasteiger partial charge in [-0.1, -0.05) is 0 Å². The van der Waals surface area contributed by atoms with E-state index in [9.17, 15) is 18.0 Å². The molecule has 1 aromatic heterocycles. The first kappa shape index (κ1) is 30.7. The Labute approximate surface area is 247 Å². The van der Waals surface area contributed by atoms with E-state index in [1.54, 1.807) is 17.0 Å². The maximum absolute atomic E-state index is 16.4. The maximum atomic E-state index is 16.4. The van der Waals surface area contributed by atoms with Gasteiger partial charge in [-0.15, -0.1) is 0 Å². The molecule has 43 heavy (non-hydrogen) atoms. The summed E-state index contributed by atoms with van der Waals surface area (Å²) in [6.45, 7) is 8.50. The van der Waals surface area contributed by atoms with E-state index in [-0.39, 0.29) is 35.2 Å². The highest BCUT2D eigenvalue weighted by molar-refractivity contribution is 6.07. The van der Waals surface area contributed by atoms with Crippen LogP contribution in [0.1, 0.15) is 43.1 Å². The number of hydrogen-bond donors (Lipinski definition) is 1. The zero-order chi connectivity index (χ0) is 31.0. The van der Waals surface area contributed by atoms with Crippen molar-refractivity contribution in [2.24, 2.45) is 0 Å². The van der Waals surface area contributed by atoms with Gasteiger partial charge in [0.05, 0.1) is 23.5 Å². The number of likely N-dealkylation sites (N-methyl/N-ethyl adjacent to an activating group) is 1. The molecule has 12 heteroatoms. The summed E-state index contributed by atoms with van der Waals surface area (Å²) in [6, 6.07) is 6.75. The van der Waals surface area contributed by atoms with Gasteiger partial charge in [-0.25, -0.2) is 26.9 Å². The van der Waals surface area contributed by atoms with Gasteiger partial charge in [-0.05, 0) is 58.2 Å². The van der Waals surface area contributed by atoms with Crippen molar-refractivity contribution < 1.29 is 31.5 Å². The molecule has 3 heterocycles. The zero-order valence-electron chi connectivity index (χ0n) is 24.4. The Kier molecular flexibility index (Phi) is 8.89. The van der Waals surface area contributed by atoms with E-state index < -0.39 is 46.5 Å². The van der Waals surface area contributed by atoms with Crippen molar-refractivity contribution in [2.75, 3.05) is 54.9 Å². The molecule has 2 aliphatic heterocycles. The first-order chi connectivity index (χ1) is 20.4. The molecule has 0 bridgehead atoms. The van der Waals surface area contributed by atoms with E-state index in [0.717, 1.165) is 18.2 Å². The molecular formula is C31H34F5N5O2. The molecule has 2 saturated heterocycles. The van der Waals surface area contributed by atoms with Crippen LogP contribution in [0, 0.1) is 17.5 Å². The van der Waals surface area contributed by atoms with Gasteiger partial charge in [0.15, 0.2) is 5.82 Å². The molecule has 5 rings (SSSR count). The Morgan fingerprint density at radius 2 is 1.70 bits per heavy atom. The number of aromatic nitrogens is 1. The molecule has 0 aliphatic carbocycles. The molecule has 0 saturated carbocycles. The number of carbonyl (C=O) groups excluding carboxylic acids is 1. The average molecular weight is 604 g/mol. The molecule has 3 aromatic rings. The predicted molar refractivity (Wildman–Crippen MR) is 155 cm³/mol. The molecule has 2 fully saturated rings. The third-order valence-electron chi connectivity index (χ3n) is 8.01. The highest BCUT2D eigenvalue weighted by Gasteiger charge is 2.30. The van der Waals surface area contributed by atoms with Crippen molar-refractivity contribution >= 4 is 23.1 Å². The lowest BCUT2D eigenvalue weighted by Crippen LogP contribution is -2.50. The summed E-state index contributed by atoms with van der Waals surface area (Å²) in [4.78, 5) is 23.6. The summed E-state index contributed by atoms with van der Waals surface area (Å²) in [7, 11) is 1.93. The molecule has 7 nitrogen and oxygen atoms in total. The van der Waals surface area contributed by atoms with Crippen LogP contribution in [0.25, 0.3) is 11.1 Å². The standard InChI is InChI=1S/C31H34F5N5O2/c1-17-14-40(10-9-39(17)4)25-12-24(33)27(20-5-8-26(37-13-20)41-15-18(2)43-19(3)16-41)28(34)29(25)38-31(42)22-7-6-21(32)11-23(22)30(35)36/h5-8,11-13,17-19,30H,9-10,14-16H2,1-4H3,(H,38,42)/t17-,18-,19+/m0/s1. The van der Waals surface area contributed by atoms with Crippen molar-refractivity contribution in [1.82, 2.24) is 9.88 Å². The van der Waals surface area contributed by atoms with E-state index in [0.29, 0.717) is 44.6 Å². The van der Waals surface area contributed by atoms with Gasteiger partial charge < -0.3 is 24.8 Å². The van der Waals surface area contributed by atoms with Gasteiger partial charge in [-0.2, -0.15) is 0 Å². The lowest BCUT2D eigenvalue weighted by Gasteiger charge is -2.40. The topological polar surface area (TPSA) is 60.9 Å². The third kappa shape index (κ3) is 6.45. The summed E-state index contributed by atoms with van der Waals surface area (Å²) in [6.07, 6.45) is -1.81. The number of ether oxygens (including phenoxy) is 1. The van der Waals surface area contributed by atoms with Crippen LogP contribution in [0.2, 0.25) is 0 Å². The molecule has 0 spiro atoms. The van der Waals surface area contributed by atoms with E-state index >= 15 is 8.78 Å². The molecule has 0 unspecified atom stereocenters. The van der Waals surface area contributed by atoms with E-state index in [2.05, 4.69) is 15.2 Å². The molecule has 230 valence electrons. The lowest BCUT2D eigenvalue weighted by molar-refractivity contribution is -0.00546. The van der Waals surface area contributed by atoms with Gasteiger partial charge in [0.25, 0.3) is 12.3 Å². The number of morpholine rings is 1. The maximum Gasteiger partial charge on any atom is 0.264 e. The van der Waals surface area contributed by atoms with Crippen molar-refractivity contribution in [3.8, 4) is 11.1 Å². The third-order valence-corrected chi connectivity index (χ3v) is 8.01. The minimum atomic E-state index is -3.15. The Balaban J connectivity index is 1.55. The Morgan fingerprint density at radius 3 is 2.33 bits per heavy atom. The van der Waals surface area contributed by atoms with Crippen molar-refractivity contribution in [1.29, 1.82) is 0 Å². The van der Waals surface area contributed by atoms with Crippen molar-refractivity contribution in [3.05, 3.63) is 71.2 Å². The van der Waals surface area contributed by atoms with Crippen LogP contribution >= 0.6 is 0 Å². The first-order valence-electron chi connectivity index (χ1n) is 14.2. The summed E-state index contributed by atoms with van der Waals surface area (Å²) >= 11 is 0. The number of anilines is 3. The number of rotatable bonds is 6. The summed E-state index contributed by atoms with van der Waals surface area (Å²) < 4.78 is 79.0. The number of pyridine rings is 1. The predicted octanol–water partition coefficient (Wildman–Crippen LogP) is 6.11. The zero-order valence-corrected chi connectivity index (χ0v) is 24.4. The Morgan fingerprint density at radius 1 is 0.977 bits per heavy atom. The van der Waals surface area contributed by atoms with Crippen LogP contribution in [0.5, 0.6) is 0 Å². The summed E-state index contributed by atoms with van der Waals surface area (Å²) in [5.41, 5.74) is -1.91. The van der Waals surface area contributed by atoms with Crippen molar-refractivity contribution in [2.45, 2.75) is 45.4 Å². The van der Waals surface area contributed by atoms with Gasteiger partial charge in [0.1, 0.15) is 23.1 Å². The second-order valence-corrected chi connectivity index (χ2v) is 11.3. The number of amides is 1. The first-order valence-corrected chi connectivity index (χ1v) is 14.2. The number of carbonyl (C=O) groups is 1. The Bertz CT molecular complexity index is 1480. The second-order valence-electron chi connectivity index (χ2n) is 11.3. The molecule has 1 amide bonds. The van der Waals surface area contributed by atoms with Gasteiger partial charge in [0.2, 0.25) is 0 Å². The average Bonchev–Trinajstić information content (AvgIpc) is 2.95. The number of nitrogens with one attached hydrogen (secondary N) is 1. The van der Waals surface area contributed by atoms with E-state index in [1.165, 1.54) is 6.20 Å². The van der Waals surface area contributed by atoms with Crippen LogP contribution in [0.3, 0.4) is 0 Å². The number of halogens is 5. The molecular weight excluding hydrogens is 569 g/mol. The van der Waals surface area contributed by atoms with Crippen LogP contribution < -0.4 is 15.1 Å². The normalized spacial score (nSPS) is 21.4. The second kappa shape index (κ2) is 12.5. The fraction of sp³-hybridized carbons (Fsp3) is 0.419. The SMILES string of the molecule is C[C@@H]1CN(c2ccc(-c3c(F)cc(N4CCN(C)[C@@H](C)C4)c(NC(=O)c4ccc(F)cc4C(F)F)c3F)cn2)C[C@H](C)O1. The number of alkyl halides is 2. The van der Waals surface area contributed by atoms with E-state index in [4.69, 9.17) is 4.74 Å². The number of benzene rings is 2. The van der Waals surface area contributed by atoms with Crippen LogP contribution in [0.15, 0.2) is 42.6 Å². The lowest BCUT2D eigenvalue weighted by atomic mass is 10.0. The van der Waals surface area contributed by atoms with Crippen molar-refractivity contribution in [3.63, 3.8) is 0 Å². The molecule has 1 N–H and O–H groups in total. The number of piperazine rings is 1. The van der Waals surface area contributed by atoms with Crippen LogP contribution in [0.4, 0.5) is 39.1 Å². The molecule has 2 aromatic carbocycles. The van der Waals surface area contributed by atoms with Crippen LogP contribution in [-0.4, -0.2) is 73.8 Å².